The van der Waals surface area contributed by atoms with Crippen molar-refractivity contribution in [3.8, 4) is 0 Å². The second-order valence-electron chi connectivity index (χ2n) is 1.09. The van der Waals surface area contributed by atoms with E-state index in [1.807, 2.05) is 0 Å². The molecule has 0 N–H and O–H groups in total. The molecule has 0 fully saturated rings. The third kappa shape index (κ3) is 2.62. The summed E-state index contributed by atoms with van der Waals surface area (Å²) in [5, 5.41) is 0. The Bertz CT molecular complexity index is 99.7. The number of rotatable bonds is 1. The van der Waals surface area contributed by atoms with Crippen LogP contribution in [0.4, 0.5) is 13.2 Å². The molecule has 7 heteroatoms. The largest absolute Gasteiger partial charge is 0.432 e. The molecule has 0 heterocycles. The van der Waals surface area contributed by atoms with E-state index in [1.165, 1.54) is 0 Å². The minimum atomic E-state index is -4.69. The van der Waals surface area contributed by atoms with Gasteiger partial charge in [-0.1, -0.05) is 23.2 Å². The third-order valence-electron chi connectivity index (χ3n) is 0.427. The van der Waals surface area contributed by atoms with Gasteiger partial charge < -0.3 is 0 Å². The van der Waals surface area contributed by atoms with Gasteiger partial charge in [0.1, 0.15) is 0 Å². The van der Waals surface area contributed by atoms with Crippen molar-refractivity contribution < 1.29 is 13.2 Å². The molecule has 0 aromatic heterocycles. The van der Waals surface area contributed by atoms with E-state index < -0.39 is 9.84 Å². The van der Waals surface area contributed by atoms with Crippen molar-refractivity contribution in [3.05, 3.63) is 0 Å². The number of hydrogen-bond acceptors (Lipinski definition) is 1. The molecule has 0 saturated heterocycles. The standard InChI is InChI=1S/C2Cl3F3S/c3-1(4,9-5)2(6,7)8. The Labute approximate surface area is 68.1 Å². The van der Waals surface area contributed by atoms with Gasteiger partial charge in [-0.05, 0) is 21.7 Å². The van der Waals surface area contributed by atoms with Gasteiger partial charge in [-0.25, -0.2) is 0 Å². The predicted molar refractivity (Wildman–Crippen MR) is 33.9 cm³/mol. The highest BCUT2D eigenvalue weighted by Crippen LogP contribution is 2.49. The highest BCUT2D eigenvalue weighted by Gasteiger charge is 2.53. The molecule has 56 valence electrons. The summed E-state index contributed by atoms with van der Waals surface area (Å²) in [5.74, 6) is 0. The first kappa shape index (κ1) is 10.0. The van der Waals surface area contributed by atoms with E-state index in [2.05, 4.69) is 23.2 Å². The second kappa shape index (κ2) is 2.95. The predicted octanol–water partition coefficient (Wildman–Crippen LogP) is 3.57. The molecule has 0 aliphatic carbocycles. The Morgan fingerprint density at radius 1 is 1.11 bits per heavy atom. The van der Waals surface area contributed by atoms with Gasteiger partial charge in [0, 0.05) is 0 Å². The number of hydrogen-bond donors (Lipinski definition) is 0. The maximum absolute atomic E-state index is 11.5. The van der Waals surface area contributed by atoms with Crippen molar-refractivity contribution >= 4 is 44.9 Å². The van der Waals surface area contributed by atoms with Crippen LogP contribution in [0.15, 0.2) is 0 Å². The highest BCUT2D eigenvalue weighted by molar-refractivity contribution is 8.24. The summed E-state index contributed by atoms with van der Waals surface area (Å²) in [6, 6.07) is 0. The molecule has 0 radical (unpaired) electrons. The minimum absolute atomic E-state index is 0.188. The zero-order valence-corrected chi connectivity index (χ0v) is 6.76. The highest BCUT2D eigenvalue weighted by atomic mass is 35.7. The molecule has 0 aromatic carbocycles. The average molecular weight is 219 g/mol. The van der Waals surface area contributed by atoms with Crippen LogP contribution in [0.25, 0.3) is 0 Å². The molecule has 0 saturated carbocycles. The van der Waals surface area contributed by atoms with Crippen LogP contribution in [-0.2, 0) is 0 Å². The molecule has 0 bridgehead atoms. The Morgan fingerprint density at radius 2 is 1.44 bits per heavy atom. The summed E-state index contributed by atoms with van der Waals surface area (Å²) in [7, 11) is 4.52. The van der Waals surface area contributed by atoms with Crippen LogP contribution in [-0.4, -0.2) is 9.84 Å². The fourth-order valence-corrected chi connectivity index (χ4v) is 0.394. The molecule has 0 nitrogen and oxygen atoms in total. The van der Waals surface area contributed by atoms with Crippen LogP contribution in [0.1, 0.15) is 0 Å². The van der Waals surface area contributed by atoms with Crippen LogP contribution in [0, 0.1) is 0 Å². The second-order valence-corrected chi connectivity index (χ2v) is 4.10. The topological polar surface area (TPSA) is 0 Å². The first-order valence-corrected chi connectivity index (χ1v) is 3.95. The number of alkyl halides is 5. The molecular weight excluding hydrogens is 219 g/mol. The van der Waals surface area contributed by atoms with Crippen LogP contribution >= 0.6 is 44.9 Å². The molecule has 0 spiro atoms. The molecule has 0 unspecified atom stereocenters. The molecule has 0 aliphatic rings. The van der Waals surface area contributed by atoms with Crippen molar-refractivity contribution in [3.63, 3.8) is 0 Å². The SMILES string of the molecule is FC(F)(F)C(Cl)(Cl)SCl. The fraction of sp³-hybridized carbons (Fsp3) is 1.00. The lowest BCUT2D eigenvalue weighted by Crippen LogP contribution is -2.29. The van der Waals surface area contributed by atoms with Gasteiger partial charge in [-0.15, -0.1) is 0 Å². The Hall–Kier alpha value is 1.01. The lowest BCUT2D eigenvalue weighted by atomic mass is 10.8. The first-order valence-electron chi connectivity index (χ1n) is 1.55. The Morgan fingerprint density at radius 3 is 1.44 bits per heavy atom. The van der Waals surface area contributed by atoms with E-state index >= 15 is 0 Å². The molecule has 0 atom stereocenters. The monoisotopic (exact) mass is 218 g/mol. The van der Waals surface area contributed by atoms with E-state index in [4.69, 9.17) is 10.7 Å². The minimum Gasteiger partial charge on any atom is -0.167 e. The van der Waals surface area contributed by atoms with Gasteiger partial charge >= 0.3 is 6.18 Å². The van der Waals surface area contributed by atoms with Crippen molar-refractivity contribution in [2.75, 3.05) is 0 Å². The van der Waals surface area contributed by atoms with Crippen molar-refractivity contribution in [1.82, 2.24) is 0 Å². The summed E-state index contributed by atoms with van der Waals surface area (Å²) in [4.78, 5) is 0. The van der Waals surface area contributed by atoms with Crippen LogP contribution in [0.5, 0.6) is 0 Å². The van der Waals surface area contributed by atoms with Gasteiger partial charge in [-0.2, -0.15) is 13.2 Å². The van der Waals surface area contributed by atoms with Crippen molar-refractivity contribution in [1.29, 1.82) is 0 Å². The molecule has 0 aromatic rings. The molecule has 0 rings (SSSR count). The van der Waals surface area contributed by atoms with E-state index in [1.54, 1.807) is 0 Å². The summed E-state index contributed by atoms with van der Waals surface area (Å²) in [6.45, 7) is 0. The third-order valence-corrected chi connectivity index (χ3v) is 2.91. The number of halogens is 6. The maximum atomic E-state index is 11.5. The summed E-state index contributed by atoms with van der Waals surface area (Å²) >= 11 is 9.34. The van der Waals surface area contributed by atoms with Gasteiger partial charge in [0.15, 0.2) is 0 Å². The quantitative estimate of drug-likeness (QED) is 0.608. The zero-order chi connectivity index (χ0) is 7.71. The summed E-state index contributed by atoms with van der Waals surface area (Å²) < 4.78 is 31.5. The summed E-state index contributed by atoms with van der Waals surface area (Å²) in [6.07, 6.45) is -4.69. The zero-order valence-electron chi connectivity index (χ0n) is 3.68. The lowest BCUT2D eigenvalue weighted by molar-refractivity contribution is -0.122. The summed E-state index contributed by atoms with van der Waals surface area (Å²) in [5.41, 5.74) is 0. The van der Waals surface area contributed by atoms with Gasteiger partial charge in [0.05, 0.1) is 0 Å². The molecule has 9 heavy (non-hydrogen) atoms. The van der Waals surface area contributed by atoms with Crippen molar-refractivity contribution in [2.45, 2.75) is 9.84 Å². The average Bonchev–Trinajstić information content (AvgIpc) is 1.64. The fourth-order valence-electron chi connectivity index (χ4n) is 0.0437. The van der Waals surface area contributed by atoms with E-state index in [0.717, 1.165) is 0 Å². The van der Waals surface area contributed by atoms with Crippen LogP contribution in [0.3, 0.4) is 0 Å². The lowest BCUT2D eigenvalue weighted by Gasteiger charge is -2.17. The Balaban J connectivity index is 4.14. The van der Waals surface area contributed by atoms with Crippen LogP contribution < -0.4 is 0 Å². The maximum Gasteiger partial charge on any atom is 0.432 e. The molecule has 0 aliphatic heterocycles. The molecular formula is C2Cl3F3S. The normalized spacial score (nSPS) is 14.0. The smallest absolute Gasteiger partial charge is 0.167 e. The van der Waals surface area contributed by atoms with Gasteiger partial charge in [0.2, 0.25) is 0 Å². The van der Waals surface area contributed by atoms with Gasteiger partial charge in [-0.3, -0.25) is 0 Å². The van der Waals surface area contributed by atoms with Crippen LogP contribution in [0.2, 0.25) is 0 Å². The first-order chi connectivity index (χ1) is 3.81. The van der Waals surface area contributed by atoms with Gasteiger partial charge in [0.25, 0.3) is 3.67 Å². The van der Waals surface area contributed by atoms with E-state index in [-0.39, 0.29) is 11.0 Å². The van der Waals surface area contributed by atoms with Crippen molar-refractivity contribution in [2.24, 2.45) is 0 Å². The van der Waals surface area contributed by atoms with E-state index in [9.17, 15) is 13.2 Å². The van der Waals surface area contributed by atoms with E-state index in [0.29, 0.717) is 0 Å². The Kier molecular flexibility index (Phi) is 3.28. The molecule has 0 amide bonds.